The van der Waals surface area contributed by atoms with Gasteiger partial charge in [0.05, 0.1) is 0 Å². The van der Waals surface area contributed by atoms with Crippen molar-refractivity contribution in [1.29, 1.82) is 0 Å². The molecule has 0 unspecified atom stereocenters. The highest BCUT2D eigenvalue weighted by Gasteiger charge is 2.15. The van der Waals surface area contributed by atoms with Crippen molar-refractivity contribution < 1.29 is 32.2 Å². The first-order chi connectivity index (χ1) is 13.6. The largest absolute Gasteiger partial charge is 0.483 e. The summed E-state index contributed by atoms with van der Waals surface area (Å²) in [5.41, 5.74) is 0.461. The van der Waals surface area contributed by atoms with Gasteiger partial charge in [0.25, 0.3) is 0 Å². The van der Waals surface area contributed by atoms with E-state index >= 15 is 0 Å². The number of hydrogen-bond acceptors (Lipinski definition) is 5. The minimum Gasteiger partial charge on any atom is -0.483 e. The van der Waals surface area contributed by atoms with Gasteiger partial charge in [0.15, 0.2) is 28.8 Å². The number of fused-ring (bicyclic) bond motifs is 1. The molecule has 0 aliphatic carbocycles. The van der Waals surface area contributed by atoms with Crippen molar-refractivity contribution in [3.8, 4) is 17.2 Å². The summed E-state index contributed by atoms with van der Waals surface area (Å²) in [4.78, 5) is 12.3. The maximum Gasteiger partial charge on any atom is 0.231 e. The van der Waals surface area contributed by atoms with Crippen LogP contribution in [0.5, 0.6) is 17.2 Å². The number of ether oxygens (including phenoxy) is 3. The summed E-state index contributed by atoms with van der Waals surface area (Å²) < 4.78 is 47.7. The molecule has 142 valence electrons. The molecule has 0 atom stereocenters. The van der Waals surface area contributed by atoms with Crippen molar-refractivity contribution in [2.75, 3.05) is 6.79 Å². The number of carbonyl (C=O) groups excluding carboxylic acids is 1. The zero-order valence-electron chi connectivity index (χ0n) is 14.5. The number of ketones is 1. The van der Waals surface area contributed by atoms with Gasteiger partial charge in [-0.25, -0.2) is 8.78 Å². The van der Waals surface area contributed by atoms with Crippen LogP contribution in [0, 0.1) is 11.6 Å². The Balaban J connectivity index is 1.38. The van der Waals surface area contributed by atoms with Crippen LogP contribution in [0.25, 0.3) is 6.08 Å². The van der Waals surface area contributed by atoms with Crippen molar-refractivity contribution >= 4 is 11.9 Å². The Morgan fingerprint density at radius 1 is 1.04 bits per heavy atom. The quantitative estimate of drug-likeness (QED) is 0.453. The number of benzene rings is 2. The van der Waals surface area contributed by atoms with E-state index in [1.54, 1.807) is 30.3 Å². The van der Waals surface area contributed by atoms with E-state index in [-0.39, 0.29) is 24.9 Å². The van der Waals surface area contributed by atoms with Gasteiger partial charge < -0.3 is 18.6 Å². The number of furan rings is 1. The molecular weight excluding hydrogens is 370 g/mol. The molecule has 4 rings (SSSR count). The Morgan fingerprint density at radius 2 is 1.89 bits per heavy atom. The van der Waals surface area contributed by atoms with Crippen LogP contribution in [-0.4, -0.2) is 12.6 Å². The smallest absolute Gasteiger partial charge is 0.231 e. The Labute approximate surface area is 158 Å². The molecular formula is C21H14F2O5. The lowest BCUT2D eigenvalue weighted by Crippen LogP contribution is -1.96. The highest BCUT2D eigenvalue weighted by molar-refractivity contribution is 6.07. The van der Waals surface area contributed by atoms with Crippen LogP contribution in [0.1, 0.15) is 21.9 Å². The van der Waals surface area contributed by atoms with Crippen LogP contribution >= 0.6 is 0 Å². The monoisotopic (exact) mass is 384 g/mol. The molecule has 0 fully saturated rings. The summed E-state index contributed by atoms with van der Waals surface area (Å²) in [5, 5.41) is 0. The van der Waals surface area contributed by atoms with E-state index in [1.807, 2.05) is 0 Å². The molecule has 2 aromatic carbocycles. The third-order valence-electron chi connectivity index (χ3n) is 4.00. The van der Waals surface area contributed by atoms with Gasteiger partial charge in [-0.05, 0) is 54.6 Å². The van der Waals surface area contributed by atoms with Gasteiger partial charge in [-0.1, -0.05) is 0 Å². The normalized spacial score (nSPS) is 12.5. The summed E-state index contributed by atoms with van der Waals surface area (Å²) >= 11 is 0. The summed E-state index contributed by atoms with van der Waals surface area (Å²) in [5.74, 6) is 0.238. The molecule has 1 aromatic heterocycles. The van der Waals surface area contributed by atoms with Gasteiger partial charge in [-0.2, -0.15) is 0 Å². The van der Waals surface area contributed by atoms with Gasteiger partial charge in [-0.3, -0.25) is 4.79 Å². The second kappa shape index (κ2) is 7.56. The third kappa shape index (κ3) is 3.88. The standard InChI is InChI=1S/C21H14F2O5/c22-14-2-8-19(17(23)10-14)25-11-16-4-3-15(28-16)5-6-18(24)13-1-7-20-21(9-13)27-12-26-20/h1-10H,11-12H2/b6-5+. The van der Waals surface area contributed by atoms with E-state index in [4.69, 9.17) is 18.6 Å². The molecule has 0 N–H and O–H groups in total. The zero-order valence-corrected chi connectivity index (χ0v) is 14.5. The summed E-state index contributed by atoms with van der Waals surface area (Å²) in [6.45, 7) is 0.106. The molecule has 0 radical (unpaired) electrons. The molecule has 3 aromatic rings. The number of rotatable bonds is 6. The second-order valence-corrected chi connectivity index (χ2v) is 5.93. The van der Waals surface area contributed by atoms with E-state index in [2.05, 4.69) is 0 Å². The fourth-order valence-electron chi connectivity index (χ4n) is 2.61. The minimum absolute atomic E-state index is 0.0352. The fraction of sp³-hybridized carbons (Fsp3) is 0.0952. The molecule has 0 spiro atoms. The molecule has 0 amide bonds. The van der Waals surface area contributed by atoms with E-state index in [1.165, 1.54) is 18.2 Å². The molecule has 5 nitrogen and oxygen atoms in total. The fourth-order valence-corrected chi connectivity index (χ4v) is 2.61. The Morgan fingerprint density at radius 3 is 2.75 bits per heavy atom. The van der Waals surface area contributed by atoms with Gasteiger partial charge in [0.2, 0.25) is 6.79 Å². The molecule has 0 bridgehead atoms. The zero-order chi connectivity index (χ0) is 19.5. The number of hydrogen-bond donors (Lipinski definition) is 0. The third-order valence-corrected chi connectivity index (χ3v) is 4.00. The lowest BCUT2D eigenvalue weighted by molar-refractivity contribution is 0.104. The van der Waals surface area contributed by atoms with Crippen LogP contribution < -0.4 is 14.2 Å². The maximum atomic E-state index is 13.6. The van der Waals surface area contributed by atoms with Gasteiger partial charge in [0, 0.05) is 11.6 Å². The van der Waals surface area contributed by atoms with E-state index < -0.39 is 11.6 Å². The van der Waals surface area contributed by atoms with Crippen LogP contribution in [0.4, 0.5) is 8.78 Å². The molecule has 2 heterocycles. The molecule has 7 heteroatoms. The average molecular weight is 384 g/mol. The number of allylic oxidation sites excluding steroid dienone is 1. The Hall–Kier alpha value is -3.61. The van der Waals surface area contributed by atoms with Crippen molar-refractivity contribution in [3.63, 3.8) is 0 Å². The van der Waals surface area contributed by atoms with Crippen molar-refractivity contribution in [2.45, 2.75) is 6.61 Å². The van der Waals surface area contributed by atoms with Gasteiger partial charge >= 0.3 is 0 Å². The second-order valence-electron chi connectivity index (χ2n) is 5.93. The van der Waals surface area contributed by atoms with Crippen LogP contribution in [-0.2, 0) is 6.61 Å². The topological polar surface area (TPSA) is 57.9 Å². The average Bonchev–Trinajstić information content (AvgIpc) is 3.34. The predicted octanol–water partition coefficient (Wildman–Crippen LogP) is 4.76. The Bertz CT molecular complexity index is 1050. The summed E-state index contributed by atoms with van der Waals surface area (Å²) in [6, 6.07) is 11.3. The van der Waals surface area contributed by atoms with Gasteiger partial charge in [0.1, 0.15) is 23.9 Å². The van der Waals surface area contributed by atoms with Crippen LogP contribution in [0.15, 0.2) is 59.0 Å². The SMILES string of the molecule is O=C(/C=C/c1ccc(COc2ccc(F)cc2F)o1)c1ccc2c(c1)OCO2. The lowest BCUT2D eigenvalue weighted by Gasteiger charge is -2.05. The number of halogens is 2. The Kier molecular flexibility index (Phi) is 4.80. The lowest BCUT2D eigenvalue weighted by atomic mass is 10.1. The van der Waals surface area contributed by atoms with Crippen molar-refractivity contribution in [3.05, 3.63) is 83.3 Å². The predicted molar refractivity (Wildman–Crippen MR) is 95.3 cm³/mol. The molecule has 28 heavy (non-hydrogen) atoms. The van der Waals surface area contributed by atoms with Crippen LogP contribution in [0.3, 0.4) is 0 Å². The molecule has 1 aliphatic heterocycles. The molecule has 0 saturated carbocycles. The minimum atomic E-state index is -0.791. The first-order valence-corrected chi connectivity index (χ1v) is 8.37. The first kappa shape index (κ1) is 17.8. The first-order valence-electron chi connectivity index (χ1n) is 8.37. The van der Waals surface area contributed by atoms with E-state index in [0.29, 0.717) is 28.6 Å². The molecule has 1 aliphatic rings. The van der Waals surface area contributed by atoms with Crippen molar-refractivity contribution in [2.24, 2.45) is 0 Å². The van der Waals surface area contributed by atoms with Gasteiger partial charge in [-0.15, -0.1) is 0 Å². The van der Waals surface area contributed by atoms with Crippen LogP contribution in [0.2, 0.25) is 0 Å². The van der Waals surface area contributed by atoms with E-state index in [0.717, 1.165) is 12.1 Å². The number of carbonyl (C=O) groups is 1. The van der Waals surface area contributed by atoms with Crippen molar-refractivity contribution in [1.82, 2.24) is 0 Å². The highest BCUT2D eigenvalue weighted by Crippen LogP contribution is 2.32. The maximum absolute atomic E-state index is 13.6. The summed E-state index contributed by atoms with van der Waals surface area (Å²) in [6.07, 6.45) is 2.90. The molecule has 0 saturated heterocycles. The highest BCUT2D eigenvalue weighted by atomic mass is 19.1. The van der Waals surface area contributed by atoms with E-state index in [9.17, 15) is 13.6 Å². The summed E-state index contributed by atoms with van der Waals surface area (Å²) in [7, 11) is 0.